The Hall–Kier alpha value is -0.720. The van der Waals surface area contributed by atoms with E-state index in [2.05, 4.69) is 38.3 Å². The molecule has 6 heteroatoms. The van der Waals surface area contributed by atoms with Gasteiger partial charge in [-0.2, -0.15) is 4.37 Å². The highest BCUT2D eigenvalue weighted by Gasteiger charge is 2.35. The standard InChI is InChI=1S/C12H21N5S/c1-9(2)7-13-12-14-11(15-18-12)10-8-16-3-5-17(10)6-4-16/h9-10H,3-8H2,1-2H3,(H,13,14,15). The van der Waals surface area contributed by atoms with Crippen LogP contribution in [0.2, 0.25) is 0 Å². The molecule has 1 N–H and O–H groups in total. The third kappa shape index (κ3) is 2.50. The van der Waals surface area contributed by atoms with Crippen LogP contribution in [0, 0.1) is 5.92 Å². The molecule has 2 bridgehead atoms. The first-order valence-corrected chi connectivity index (χ1v) is 7.53. The number of aromatic nitrogens is 2. The molecule has 1 unspecified atom stereocenters. The molecule has 18 heavy (non-hydrogen) atoms. The van der Waals surface area contributed by atoms with Gasteiger partial charge in [-0.3, -0.25) is 9.80 Å². The molecule has 1 aromatic rings. The van der Waals surface area contributed by atoms with Crippen molar-refractivity contribution >= 4 is 16.7 Å². The van der Waals surface area contributed by atoms with Crippen molar-refractivity contribution in [2.24, 2.45) is 5.92 Å². The van der Waals surface area contributed by atoms with Crippen molar-refractivity contribution in [3.05, 3.63) is 5.82 Å². The molecule has 3 aliphatic rings. The third-order valence-electron chi connectivity index (χ3n) is 3.68. The molecule has 1 atom stereocenters. The molecule has 0 saturated carbocycles. The quantitative estimate of drug-likeness (QED) is 0.890. The summed E-state index contributed by atoms with van der Waals surface area (Å²) in [7, 11) is 0. The zero-order chi connectivity index (χ0) is 12.5. The molecule has 1 aromatic heterocycles. The molecule has 0 radical (unpaired) electrons. The fourth-order valence-electron chi connectivity index (χ4n) is 2.60. The van der Waals surface area contributed by atoms with Crippen LogP contribution >= 0.6 is 11.5 Å². The minimum Gasteiger partial charge on any atom is -0.360 e. The second-order valence-electron chi connectivity index (χ2n) is 5.58. The topological polar surface area (TPSA) is 44.3 Å². The van der Waals surface area contributed by atoms with E-state index in [1.807, 2.05) is 0 Å². The Kier molecular flexibility index (Phi) is 3.50. The molecule has 100 valence electrons. The highest BCUT2D eigenvalue weighted by molar-refractivity contribution is 7.09. The van der Waals surface area contributed by atoms with E-state index >= 15 is 0 Å². The van der Waals surface area contributed by atoms with Crippen LogP contribution in [0.5, 0.6) is 0 Å². The van der Waals surface area contributed by atoms with Gasteiger partial charge in [0.05, 0.1) is 6.04 Å². The van der Waals surface area contributed by atoms with E-state index in [4.69, 9.17) is 0 Å². The van der Waals surface area contributed by atoms with Crippen molar-refractivity contribution in [1.82, 2.24) is 19.2 Å². The Morgan fingerprint density at radius 3 is 2.72 bits per heavy atom. The summed E-state index contributed by atoms with van der Waals surface area (Å²) in [4.78, 5) is 9.70. The average Bonchev–Trinajstić information content (AvgIpc) is 2.86. The largest absolute Gasteiger partial charge is 0.360 e. The number of nitrogens with one attached hydrogen (secondary N) is 1. The number of rotatable bonds is 4. The smallest absolute Gasteiger partial charge is 0.202 e. The Balaban J connectivity index is 1.66. The van der Waals surface area contributed by atoms with Gasteiger partial charge in [0, 0.05) is 50.8 Å². The van der Waals surface area contributed by atoms with E-state index < -0.39 is 0 Å². The molecule has 4 rings (SSSR count). The molecule has 0 aliphatic carbocycles. The Morgan fingerprint density at radius 1 is 1.33 bits per heavy atom. The molecule has 4 heterocycles. The second kappa shape index (κ2) is 5.11. The zero-order valence-corrected chi connectivity index (χ0v) is 11.9. The van der Waals surface area contributed by atoms with Crippen LogP contribution in [-0.2, 0) is 0 Å². The fourth-order valence-corrected chi connectivity index (χ4v) is 3.22. The molecular weight excluding hydrogens is 246 g/mol. The number of hydrogen-bond acceptors (Lipinski definition) is 6. The molecule has 0 spiro atoms. The van der Waals surface area contributed by atoms with E-state index in [1.54, 1.807) is 0 Å². The van der Waals surface area contributed by atoms with E-state index in [1.165, 1.54) is 37.7 Å². The Labute approximate surface area is 112 Å². The highest BCUT2D eigenvalue weighted by atomic mass is 32.1. The molecule has 0 amide bonds. The van der Waals surface area contributed by atoms with Gasteiger partial charge in [0.2, 0.25) is 5.13 Å². The summed E-state index contributed by atoms with van der Waals surface area (Å²) in [6, 6.07) is 0.415. The van der Waals surface area contributed by atoms with Gasteiger partial charge in [0.15, 0.2) is 5.82 Å². The highest BCUT2D eigenvalue weighted by Crippen LogP contribution is 2.28. The second-order valence-corrected chi connectivity index (χ2v) is 6.34. The maximum absolute atomic E-state index is 4.65. The van der Waals surface area contributed by atoms with Gasteiger partial charge in [-0.15, -0.1) is 0 Å². The average molecular weight is 267 g/mol. The Morgan fingerprint density at radius 2 is 2.11 bits per heavy atom. The number of nitrogens with zero attached hydrogens (tertiary/aromatic N) is 4. The van der Waals surface area contributed by atoms with Crippen LogP contribution in [0.1, 0.15) is 25.7 Å². The van der Waals surface area contributed by atoms with Crippen molar-refractivity contribution in [3.63, 3.8) is 0 Å². The predicted octanol–water partition coefficient (Wildman–Crippen LogP) is 1.28. The summed E-state index contributed by atoms with van der Waals surface area (Å²) < 4.78 is 4.54. The van der Waals surface area contributed by atoms with E-state index in [-0.39, 0.29) is 0 Å². The van der Waals surface area contributed by atoms with Gasteiger partial charge in [-0.05, 0) is 5.92 Å². The van der Waals surface area contributed by atoms with Crippen molar-refractivity contribution in [2.45, 2.75) is 19.9 Å². The van der Waals surface area contributed by atoms with Crippen molar-refractivity contribution in [2.75, 3.05) is 44.6 Å². The summed E-state index contributed by atoms with van der Waals surface area (Å²) in [6.45, 7) is 11.2. The van der Waals surface area contributed by atoms with Crippen LogP contribution in [0.4, 0.5) is 5.13 Å². The van der Waals surface area contributed by atoms with Crippen molar-refractivity contribution < 1.29 is 0 Å². The van der Waals surface area contributed by atoms with Gasteiger partial charge in [0.1, 0.15) is 0 Å². The molecule has 3 saturated heterocycles. The Bertz CT molecular complexity index is 397. The molecule has 0 aromatic carbocycles. The lowest BCUT2D eigenvalue weighted by atomic mass is 10.1. The third-order valence-corrected chi connectivity index (χ3v) is 4.37. The lowest BCUT2D eigenvalue weighted by Crippen LogP contribution is -2.57. The fraction of sp³-hybridized carbons (Fsp3) is 0.833. The van der Waals surface area contributed by atoms with Crippen LogP contribution in [0.15, 0.2) is 0 Å². The maximum atomic E-state index is 4.65. The van der Waals surface area contributed by atoms with Gasteiger partial charge in [-0.1, -0.05) is 13.8 Å². The molecule has 5 nitrogen and oxygen atoms in total. The van der Waals surface area contributed by atoms with Gasteiger partial charge >= 0.3 is 0 Å². The van der Waals surface area contributed by atoms with Crippen LogP contribution in [0.25, 0.3) is 0 Å². The molecular formula is C12H21N5S. The van der Waals surface area contributed by atoms with Crippen LogP contribution < -0.4 is 5.32 Å². The van der Waals surface area contributed by atoms with Crippen molar-refractivity contribution in [1.29, 1.82) is 0 Å². The van der Waals surface area contributed by atoms with Gasteiger partial charge in [0.25, 0.3) is 0 Å². The number of hydrogen-bond donors (Lipinski definition) is 1. The minimum atomic E-state index is 0.415. The maximum Gasteiger partial charge on any atom is 0.202 e. The first-order valence-electron chi connectivity index (χ1n) is 6.76. The van der Waals surface area contributed by atoms with Crippen molar-refractivity contribution in [3.8, 4) is 0 Å². The SMILES string of the molecule is CC(C)CNc1nc(C2CN3CCN2CC3)ns1. The first-order chi connectivity index (χ1) is 8.72. The number of anilines is 1. The lowest BCUT2D eigenvalue weighted by Gasteiger charge is -2.46. The summed E-state index contributed by atoms with van der Waals surface area (Å²) in [5, 5.41) is 4.33. The summed E-state index contributed by atoms with van der Waals surface area (Å²) in [5.41, 5.74) is 0. The van der Waals surface area contributed by atoms with E-state index in [9.17, 15) is 0 Å². The van der Waals surface area contributed by atoms with E-state index in [0.717, 1.165) is 24.0 Å². The van der Waals surface area contributed by atoms with Crippen LogP contribution in [0.3, 0.4) is 0 Å². The normalized spacial score (nSPS) is 30.9. The first kappa shape index (κ1) is 12.3. The van der Waals surface area contributed by atoms with Gasteiger partial charge < -0.3 is 5.32 Å². The zero-order valence-electron chi connectivity index (χ0n) is 11.1. The number of piperazine rings is 3. The lowest BCUT2D eigenvalue weighted by molar-refractivity contribution is 0.00918. The summed E-state index contributed by atoms with van der Waals surface area (Å²) >= 11 is 1.50. The van der Waals surface area contributed by atoms with Crippen LogP contribution in [-0.4, -0.2) is 58.4 Å². The predicted molar refractivity (Wildman–Crippen MR) is 74.0 cm³/mol. The minimum absolute atomic E-state index is 0.415. The summed E-state index contributed by atoms with van der Waals surface area (Å²) in [6.07, 6.45) is 0. The summed E-state index contributed by atoms with van der Waals surface area (Å²) in [5.74, 6) is 1.65. The molecule has 3 fully saturated rings. The molecule has 3 aliphatic heterocycles. The monoisotopic (exact) mass is 267 g/mol. The van der Waals surface area contributed by atoms with Gasteiger partial charge in [-0.25, -0.2) is 4.98 Å². The number of fused-ring (bicyclic) bond motifs is 3. The van der Waals surface area contributed by atoms with E-state index in [0.29, 0.717) is 12.0 Å².